The SMILES string of the molecule is COc1ccc(OC)c(NC(=O)Cn2nc(-c3cc(C)oc3C)cc(N)c2=O)c1. The van der Waals surface area contributed by atoms with Crippen LogP contribution in [0.5, 0.6) is 11.5 Å². The van der Waals surface area contributed by atoms with Gasteiger partial charge < -0.3 is 24.9 Å². The zero-order valence-electron chi connectivity index (χ0n) is 16.6. The largest absolute Gasteiger partial charge is 0.497 e. The quantitative estimate of drug-likeness (QED) is 0.653. The van der Waals surface area contributed by atoms with Crippen molar-refractivity contribution in [3.63, 3.8) is 0 Å². The predicted molar refractivity (Wildman–Crippen MR) is 108 cm³/mol. The standard InChI is InChI=1S/C20H22N4O5/c1-11-7-14(12(2)29-11)16-9-15(21)20(26)24(23-16)10-19(25)22-17-8-13(27-3)5-6-18(17)28-4/h5-9H,10,21H2,1-4H3,(H,22,25). The summed E-state index contributed by atoms with van der Waals surface area (Å²) in [5.74, 6) is 1.89. The van der Waals surface area contributed by atoms with E-state index in [4.69, 9.17) is 19.6 Å². The van der Waals surface area contributed by atoms with Crippen LogP contribution in [0.2, 0.25) is 0 Å². The fraction of sp³-hybridized carbons (Fsp3) is 0.250. The van der Waals surface area contributed by atoms with Crippen molar-refractivity contribution >= 4 is 17.3 Å². The Bertz CT molecular complexity index is 1120. The van der Waals surface area contributed by atoms with Gasteiger partial charge in [0.1, 0.15) is 35.3 Å². The number of nitrogens with zero attached hydrogens (tertiary/aromatic N) is 2. The molecule has 9 nitrogen and oxygen atoms in total. The number of methoxy groups -OCH3 is 2. The van der Waals surface area contributed by atoms with Crippen molar-refractivity contribution in [1.82, 2.24) is 9.78 Å². The van der Waals surface area contributed by atoms with Crippen LogP contribution >= 0.6 is 0 Å². The number of carbonyl (C=O) groups is 1. The van der Waals surface area contributed by atoms with Gasteiger partial charge in [0.2, 0.25) is 5.91 Å². The van der Waals surface area contributed by atoms with Crippen LogP contribution in [0, 0.1) is 13.8 Å². The molecule has 0 fully saturated rings. The molecular weight excluding hydrogens is 376 g/mol. The van der Waals surface area contributed by atoms with Crippen molar-refractivity contribution in [2.45, 2.75) is 20.4 Å². The first-order valence-electron chi connectivity index (χ1n) is 8.79. The number of aromatic nitrogens is 2. The second-order valence-corrected chi connectivity index (χ2v) is 6.39. The zero-order valence-corrected chi connectivity index (χ0v) is 16.6. The maximum absolute atomic E-state index is 12.6. The Kier molecular flexibility index (Phi) is 5.58. The molecular formula is C20H22N4O5. The minimum atomic E-state index is -0.556. The molecule has 0 aliphatic carbocycles. The molecule has 0 aliphatic heterocycles. The Balaban J connectivity index is 1.89. The monoisotopic (exact) mass is 398 g/mol. The van der Waals surface area contributed by atoms with Crippen molar-refractivity contribution in [1.29, 1.82) is 0 Å². The van der Waals surface area contributed by atoms with Gasteiger partial charge in [-0.25, -0.2) is 4.68 Å². The molecule has 29 heavy (non-hydrogen) atoms. The topological polar surface area (TPSA) is 122 Å². The molecule has 0 aliphatic rings. The van der Waals surface area contributed by atoms with Crippen LogP contribution in [-0.4, -0.2) is 29.9 Å². The highest BCUT2D eigenvalue weighted by molar-refractivity contribution is 5.92. The van der Waals surface area contributed by atoms with Crippen LogP contribution in [-0.2, 0) is 11.3 Å². The third kappa shape index (κ3) is 4.23. The molecule has 0 bridgehead atoms. The summed E-state index contributed by atoms with van der Waals surface area (Å²) in [6, 6.07) is 8.27. The van der Waals surface area contributed by atoms with Gasteiger partial charge in [-0.2, -0.15) is 5.10 Å². The number of aryl methyl sites for hydroxylation is 2. The third-order valence-corrected chi connectivity index (χ3v) is 4.29. The van der Waals surface area contributed by atoms with E-state index in [9.17, 15) is 9.59 Å². The molecule has 0 unspecified atom stereocenters. The number of nitrogens with one attached hydrogen (secondary N) is 1. The van der Waals surface area contributed by atoms with E-state index < -0.39 is 11.5 Å². The fourth-order valence-electron chi connectivity index (χ4n) is 2.92. The summed E-state index contributed by atoms with van der Waals surface area (Å²) in [6.07, 6.45) is 0. The Labute approximate surface area is 167 Å². The first kappa shape index (κ1) is 20.0. The fourth-order valence-corrected chi connectivity index (χ4v) is 2.92. The summed E-state index contributed by atoms with van der Waals surface area (Å²) in [6.45, 7) is 3.27. The van der Waals surface area contributed by atoms with E-state index in [2.05, 4.69) is 10.4 Å². The van der Waals surface area contributed by atoms with Crippen LogP contribution in [0.1, 0.15) is 11.5 Å². The van der Waals surface area contributed by atoms with Gasteiger partial charge in [0.05, 0.1) is 25.6 Å². The molecule has 1 aromatic carbocycles. The van der Waals surface area contributed by atoms with E-state index in [0.717, 1.165) is 4.68 Å². The minimum absolute atomic E-state index is 0.0139. The van der Waals surface area contributed by atoms with E-state index in [-0.39, 0.29) is 12.2 Å². The number of amides is 1. The van der Waals surface area contributed by atoms with Crippen molar-refractivity contribution < 1.29 is 18.7 Å². The predicted octanol–water partition coefficient (Wildman–Crippen LogP) is 2.36. The smallest absolute Gasteiger partial charge is 0.290 e. The Hall–Kier alpha value is -3.75. The maximum Gasteiger partial charge on any atom is 0.290 e. The number of hydrogen-bond donors (Lipinski definition) is 2. The number of anilines is 2. The molecule has 0 saturated carbocycles. The van der Waals surface area contributed by atoms with Crippen LogP contribution in [0.25, 0.3) is 11.3 Å². The van der Waals surface area contributed by atoms with Crippen molar-refractivity contribution in [2.75, 3.05) is 25.3 Å². The van der Waals surface area contributed by atoms with E-state index in [1.807, 2.05) is 6.92 Å². The molecule has 2 heterocycles. The number of ether oxygens (including phenoxy) is 2. The number of carbonyl (C=O) groups excluding carboxylic acids is 1. The Morgan fingerprint density at radius 2 is 1.97 bits per heavy atom. The number of hydrogen-bond acceptors (Lipinski definition) is 7. The number of nitrogens with two attached hydrogens (primary N) is 1. The summed E-state index contributed by atoms with van der Waals surface area (Å²) in [5.41, 5.74) is 6.85. The van der Waals surface area contributed by atoms with Gasteiger partial charge >= 0.3 is 0 Å². The van der Waals surface area contributed by atoms with Gasteiger partial charge in [0, 0.05) is 11.6 Å². The summed E-state index contributed by atoms with van der Waals surface area (Å²) < 4.78 is 16.9. The van der Waals surface area contributed by atoms with Crippen molar-refractivity contribution in [3.8, 4) is 22.8 Å². The highest BCUT2D eigenvalue weighted by Gasteiger charge is 2.16. The van der Waals surface area contributed by atoms with Gasteiger partial charge in [-0.3, -0.25) is 9.59 Å². The van der Waals surface area contributed by atoms with Gasteiger partial charge in [-0.1, -0.05) is 0 Å². The number of rotatable bonds is 6. The molecule has 3 rings (SSSR count). The van der Waals surface area contributed by atoms with E-state index in [1.54, 1.807) is 31.2 Å². The summed E-state index contributed by atoms with van der Waals surface area (Å²) in [5, 5.41) is 6.99. The number of nitrogen functional groups attached to an aromatic ring is 1. The number of benzene rings is 1. The lowest BCUT2D eigenvalue weighted by Crippen LogP contribution is -2.31. The van der Waals surface area contributed by atoms with Gasteiger partial charge in [0.25, 0.3) is 5.56 Å². The molecule has 3 aromatic rings. The number of furan rings is 1. The van der Waals surface area contributed by atoms with Crippen LogP contribution in [0.3, 0.4) is 0 Å². The molecule has 0 radical (unpaired) electrons. The van der Waals surface area contributed by atoms with E-state index in [0.29, 0.717) is 40.0 Å². The lowest BCUT2D eigenvalue weighted by Gasteiger charge is -2.13. The highest BCUT2D eigenvalue weighted by Crippen LogP contribution is 2.29. The Morgan fingerprint density at radius 1 is 1.21 bits per heavy atom. The molecule has 152 valence electrons. The lowest BCUT2D eigenvalue weighted by molar-refractivity contribution is -0.117. The normalized spacial score (nSPS) is 10.6. The van der Waals surface area contributed by atoms with Crippen molar-refractivity contribution in [3.05, 3.63) is 52.2 Å². The molecule has 0 spiro atoms. The second-order valence-electron chi connectivity index (χ2n) is 6.39. The average Bonchev–Trinajstić information content (AvgIpc) is 3.03. The maximum atomic E-state index is 12.6. The van der Waals surface area contributed by atoms with Crippen molar-refractivity contribution in [2.24, 2.45) is 0 Å². The minimum Gasteiger partial charge on any atom is -0.497 e. The molecule has 0 saturated heterocycles. The van der Waals surface area contributed by atoms with Crippen LogP contribution < -0.4 is 26.1 Å². The van der Waals surface area contributed by atoms with Gasteiger partial charge in [-0.05, 0) is 38.1 Å². The molecule has 3 N–H and O–H groups in total. The first-order valence-corrected chi connectivity index (χ1v) is 8.79. The first-order chi connectivity index (χ1) is 13.8. The summed E-state index contributed by atoms with van der Waals surface area (Å²) in [7, 11) is 3.01. The van der Waals surface area contributed by atoms with Gasteiger partial charge in [0.15, 0.2) is 0 Å². The lowest BCUT2D eigenvalue weighted by atomic mass is 10.1. The van der Waals surface area contributed by atoms with Crippen LogP contribution in [0.4, 0.5) is 11.4 Å². The molecule has 2 aromatic heterocycles. The molecule has 1 amide bonds. The highest BCUT2D eigenvalue weighted by atomic mass is 16.5. The van der Waals surface area contributed by atoms with Gasteiger partial charge in [-0.15, -0.1) is 0 Å². The average molecular weight is 398 g/mol. The van der Waals surface area contributed by atoms with E-state index >= 15 is 0 Å². The third-order valence-electron chi connectivity index (χ3n) is 4.29. The molecule has 9 heteroatoms. The van der Waals surface area contributed by atoms with Crippen LogP contribution in [0.15, 0.2) is 39.5 Å². The second kappa shape index (κ2) is 8.09. The Morgan fingerprint density at radius 3 is 2.59 bits per heavy atom. The summed E-state index contributed by atoms with van der Waals surface area (Å²) >= 11 is 0. The molecule has 0 atom stereocenters. The van der Waals surface area contributed by atoms with E-state index in [1.165, 1.54) is 20.3 Å². The zero-order chi connectivity index (χ0) is 21.1. The summed E-state index contributed by atoms with van der Waals surface area (Å²) in [4.78, 5) is 24.9.